The third-order valence-corrected chi connectivity index (χ3v) is 9.62. The lowest BCUT2D eigenvalue weighted by atomic mass is 9.96. The van der Waals surface area contributed by atoms with Gasteiger partial charge < -0.3 is 9.13 Å². The second-order valence-electron chi connectivity index (χ2n) is 12.3. The molecule has 0 spiro atoms. The molecule has 5 nitrogen and oxygen atoms in total. The van der Waals surface area contributed by atoms with Gasteiger partial charge in [-0.15, -0.1) is 0 Å². The van der Waals surface area contributed by atoms with Crippen molar-refractivity contribution < 1.29 is 0 Å². The van der Waals surface area contributed by atoms with Crippen LogP contribution in [0.15, 0.2) is 152 Å². The quantitative estimate of drug-likeness (QED) is 0.181. The first-order valence-corrected chi connectivity index (χ1v) is 16.3. The number of aromatic nitrogens is 2. The number of hydrogen-bond acceptors (Lipinski definition) is 2. The molecule has 0 atom stereocenters. The van der Waals surface area contributed by atoms with Crippen molar-refractivity contribution in [1.82, 2.24) is 9.13 Å². The number of hydrogen-bond donors (Lipinski definition) is 0. The molecule has 7 aromatic carbocycles. The fraction of sp³-hybridized carbons (Fsp3) is 0. The fourth-order valence-electron chi connectivity index (χ4n) is 7.36. The van der Waals surface area contributed by atoms with Crippen LogP contribution in [0.25, 0.3) is 82.1 Å². The molecular formula is C45H25N5. The van der Waals surface area contributed by atoms with Crippen molar-refractivity contribution in [3.8, 4) is 45.8 Å². The summed E-state index contributed by atoms with van der Waals surface area (Å²) in [5.41, 5.74) is 11.8. The zero-order valence-electron chi connectivity index (χ0n) is 26.7. The molecule has 0 radical (unpaired) electrons. The van der Waals surface area contributed by atoms with E-state index in [1.807, 2.05) is 60.7 Å². The summed E-state index contributed by atoms with van der Waals surface area (Å²) in [6, 6.07) is 55.7. The van der Waals surface area contributed by atoms with Crippen molar-refractivity contribution in [2.45, 2.75) is 0 Å². The molecule has 9 aromatic rings. The van der Waals surface area contributed by atoms with E-state index in [4.69, 9.17) is 6.57 Å². The van der Waals surface area contributed by atoms with Gasteiger partial charge >= 0.3 is 0 Å². The van der Waals surface area contributed by atoms with E-state index < -0.39 is 0 Å². The van der Waals surface area contributed by atoms with Crippen LogP contribution in [0, 0.1) is 29.2 Å². The summed E-state index contributed by atoms with van der Waals surface area (Å²) in [6.07, 6.45) is 0. The molecule has 230 valence electrons. The number of benzene rings is 7. The molecule has 5 heteroatoms. The number of nitriles is 2. The Hall–Kier alpha value is -7.39. The average Bonchev–Trinajstić information content (AvgIpc) is 3.69. The first kappa shape index (κ1) is 28.8. The van der Waals surface area contributed by atoms with E-state index in [0.29, 0.717) is 16.8 Å². The van der Waals surface area contributed by atoms with Crippen molar-refractivity contribution in [3.05, 3.63) is 174 Å². The van der Waals surface area contributed by atoms with Gasteiger partial charge in [0.05, 0.1) is 57.6 Å². The van der Waals surface area contributed by atoms with Crippen molar-refractivity contribution in [2.75, 3.05) is 0 Å². The van der Waals surface area contributed by atoms with Gasteiger partial charge in [-0.1, -0.05) is 84.9 Å². The van der Waals surface area contributed by atoms with E-state index >= 15 is 0 Å². The summed E-state index contributed by atoms with van der Waals surface area (Å²) in [5.74, 6) is 0. The van der Waals surface area contributed by atoms with Crippen LogP contribution in [-0.2, 0) is 0 Å². The van der Waals surface area contributed by atoms with Gasteiger partial charge in [0, 0.05) is 33.0 Å². The molecule has 0 fully saturated rings. The van der Waals surface area contributed by atoms with E-state index in [9.17, 15) is 10.5 Å². The van der Waals surface area contributed by atoms with Crippen molar-refractivity contribution >= 4 is 49.3 Å². The Morgan fingerprint density at radius 1 is 0.480 bits per heavy atom. The smallest absolute Gasteiger partial charge is 0.188 e. The topological polar surface area (TPSA) is 61.8 Å². The van der Waals surface area contributed by atoms with Gasteiger partial charge in [0.15, 0.2) is 5.69 Å². The molecule has 0 saturated carbocycles. The summed E-state index contributed by atoms with van der Waals surface area (Å²) < 4.78 is 4.48. The monoisotopic (exact) mass is 635 g/mol. The maximum atomic E-state index is 10.2. The number of nitrogens with zero attached hydrogens (tertiary/aromatic N) is 5. The fourth-order valence-corrected chi connectivity index (χ4v) is 7.36. The van der Waals surface area contributed by atoms with Gasteiger partial charge in [-0.25, -0.2) is 4.85 Å². The van der Waals surface area contributed by atoms with Gasteiger partial charge in [0.1, 0.15) is 0 Å². The largest absolute Gasteiger partial charge is 0.309 e. The second-order valence-corrected chi connectivity index (χ2v) is 12.3. The summed E-state index contributed by atoms with van der Waals surface area (Å²) in [5, 5.41) is 24.1. The van der Waals surface area contributed by atoms with Crippen molar-refractivity contribution in [3.63, 3.8) is 0 Å². The molecule has 0 amide bonds. The lowest BCUT2D eigenvalue weighted by Gasteiger charge is -2.15. The Balaban J connectivity index is 1.18. The highest BCUT2D eigenvalue weighted by atomic mass is 15.0. The minimum Gasteiger partial charge on any atom is -0.309 e. The van der Waals surface area contributed by atoms with Gasteiger partial charge in [-0.3, -0.25) is 0 Å². The highest BCUT2D eigenvalue weighted by Crippen LogP contribution is 2.39. The standard InChI is InChI=1S/C45H25N5/c1-48-33-20-23-45-40(25-33)39-24-29(27-46)14-22-44(39)50(45)41-11-5-2-8-35(41)30-15-17-31(18-16-30)38-26-34(21-19-32(38)28-47)49-42-12-6-3-9-36(42)37-10-4-7-13-43(37)49/h2-26H. The summed E-state index contributed by atoms with van der Waals surface area (Å²) >= 11 is 0. The Morgan fingerprint density at radius 3 is 1.76 bits per heavy atom. The van der Waals surface area contributed by atoms with Crippen LogP contribution in [0.5, 0.6) is 0 Å². The normalized spacial score (nSPS) is 11.1. The molecule has 0 aliphatic heterocycles. The summed E-state index contributed by atoms with van der Waals surface area (Å²) in [6.45, 7) is 7.59. The Kier molecular flexibility index (Phi) is 6.56. The van der Waals surface area contributed by atoms with Crippen LogP contribution in [0.4, 0.5) is 5.69 Å². The molecule has 0 aliphatic carbocycles. The molecule has 0 unspecified atom stereocenters. The zero-order valence-corrected chi connectivity index (χ0v) is 26.7. The third-order valence-electron chi connectivity index (χ3n) is 9.62. The molecule has 0 saturated heterocycles. The molecule has 0 aliphatic rings. The summed E-state index contributed by atoms with van der Waals surface area (Å²) in [4.78, 5) is 3.66. The minimum atomic E-state index is 0.557. The van der Waals surface area contributed by atoms with Crippen LogP contribution in [0.2, 0.25) is 0 Å². The van der Waals surface area contributed by atoms with Crippen LogP contribution in [0.1, 0.15) is 11.1 Å². The molecular weight excluding hydrogens is 611 g/mol. The Bertz CT molecular complexity index is 2830. The minimum absolute atomic E-state index is 0.557. The predicted octanol–water partition coefficient (Wildman–Crippen LogP) is 11.5. The van der Waals surface area contributed by atoms with E-state index in [1.165, 1.54) is 10.8 Å². The molecule has 2 heterocycles. The molecule has 50 heavy (non-hydrogen) atoms. The van der Waals surface area contributed by atoms with Gasteiger partial charge in [-0.05, 0) is 83.2 Å². The molecule has 9 rings (SSSR count). The van der Waals surface area contributed by atoms with Gasteiger partial charge in [0.25, 0.3) is 0 Å². The van der Waals surface area contributed by atoms with E-state index in [-0.39, 0.29) is 0 Å². The van der Waals surface area contributed by atoms with Crippen LogP contribution >= 0.6 is 0 Å². The lowest BCUT2D eigenvalue weighted by Crippen LogP contribution is -1.97. The summed E-state index contributed by atoms with van der Waals surface area (Å²) in [7, 11) is 0. The van der Waals surface area contributed by atoms with E-state index in [0.717, 1.165) is 66.5 Å². The first-order chi connectivity index (χ1) is 24.7. The number of fused-ring (bicyclic) bond motifs is 6. The van der Waals surface area contributed by atoms with Crippen LogP contribution in [-0.4, -0.2) is 9.13 Å². The second kappa shape index (κ2) is 11.4. The van der Waals surface area contributed by atoms with Gasteiger partial charge in [-0.2, -0.15) is 10.5 Å². The predicted molar refractivity (Wildman–Crippen MR) is 202 cm³/mol. The van der Waals surface area contributed by atoms with Gasteiger partial charge in [0.2, 0.25) is 0 Å². The number of rotatable bonds is 4. The van der Waals surface area contributed by atoms with E-state index in [1.54, 1.807) is 0 Å². The lowest BCUT2D eigenvalue weighted by molar-refractivity contribution is 1.18. The molecule has 0 N–H and O–H groups in total. The van der Waals surface area contributed by atoms with Crippen molar-refractivity contribution in [2.24, 2.45) is 0 Å². The average molecular weight is 636 g/mol. The maximum Gasteiger partial charge on any atom is 0.188 e. The van der Waals surface area contributed by atoms with Crippen LogP contribution in [0.3, 0.4) is 0 Å². The maximum absolute atomic E-state index is 10.2. The molecule has 0 bridgehead atoms. The number of para-hydroxylation sites is 3. The van der Waals surface area contributed by atoms with Crippen molar-refractivity contribution in [1.29, 1.82) is 10.5 Å². The molecule has 2 aromatic heterocycles. The highest BCUT2D eigenvalue weighted by molar-refractivity contribution is 6.11. The van der Waals surface area contributed by atoms with Crippen LogP contribution < -0.4 is 0 Å². The van der Waals surface area contributed by atoms with E-state index in [2.05, 4.69) is 117 Å². The third kappa shape index (κ3) is 4.38. The SMILES string of the molecule is [C-]#[N+]c1ccc2c(c1)c1cc(C#N)ccc1n2-c1ccccc1-c1ccc(-c2cc(-n3c4ccccc4c4ccccc43)ccc2C#N)cc1. The first-order valence-electron chi connectivity index (χ1n) is 16.3. The zero-order chi connectivity index (χ0) is 33.8. The Labute approximate surface area is 288 Å². The Morgan fingerprint density at radius 2 is 1.08 bits per heavy atom. The highest BCUT2D eigenvalue weighted by Gasteiger charge is 2.18.